The zero-order valence-corrected chi connectivity index (χ0v) is 18.5. The number of aromatic nitrogens is 3. The Balaban J connectivity index is 1.43. The van der Waals surface area contributed by atoms with Gasteiger partial charge in [0.15, 0.2) is 6.61 Å². The smallest absolute Gasteiger partial charge is 0.275 e. The molecule has 0 spiro atoms. The average molecular weight is 455 g/mol. The molecule has 2 aromatic heterocycles. The van der Waals surface area contributed by atoms with Crippen LogP contribution >= 0.6 is 22.9 Å². The highest BCUT2D eigenvalue weighted by atomic mass is 35.5. The summed E-state index contributed by atoms with van der Waals surface area (Å²) in [6.07, 6.45) is 0. The fourth-order valence-corrected chi connectivity index (χ4v) is 4.20. The zero-order chi connectivity index (χ0) is 22.0. The number of amides is 1. The first-order chi connectivity index (χ1) is 14.9. The van der Waals surface area contributed by atoms with Gasteiger partial charge in [0.05, 0.1) is 12.2 Å². The van der Waals surface area contributed by atoms with Crippen molar-refractivity contribution in [3.8, 4) is 16.3 Å². The minimum atomic E-state index is -0.315. The van der Waals surface area contributed by atoms with E-state index in [1.54, 1.807) is 12.1 Å². The number of carbonyl (C=O) groups is 1. The number of aryl methyl sites for hydroxylation is 2. The Bertz CT molecular complexity index is 1310. The van der Waals surface area contributed by atoms with Crippen LogP contribution < -0.4 is 15.6 Å². The molecule has 0 unspecified atom stereocenters. The molecule has 158 valence electrons. The number of carbonyl (C=O) groups excluding carboxylic acids is 1. The summed E-state index contributed by atoms with van der Waals surface area (Å²) in [6, 6.07) is 14.4. The quantitative estimate of drug-likeness (QED) is 0.479. The first-order valence-corrected chi connectivity index (χ1v) is 10.7. The topological polar surface area (TPSA) is 85.6 Å². The Morgan fingerprint density at radius 2 is 1.94 bits per heavy atom. The van der Waals surface area contributed by atoms with Crippen molar-refractivity contribution in [2.24, 2.45) is 0 Å². The van der Waals surface area contributed by atoms with E-state index in [-0.39, 0.29) is 24.6 Å². The van der Waals surface area contributed by atoms with E-state index in [1.807, 2.05) is 44.2 Å². The van der Waals surface area contributed by atoms with E-state index in [0.717, 1.165) is 16.7 Å². The van der Waals surface area contributed by atoms with Gasteiger partial charge in [-0.25, -0.2) is 4.98 Å². The summed E-state index contributed by atoms with van der Waals surface area (Å²) in [5, 5.41) is 8.28. The Hall–Kier alpha value is -3.23. The molecule has 0 saturated carbocycles. The van der Waals surface area contributed by atoms with E-state index in [9.17, 15) is 9.59 Å². The van der Waals surface area contributed by atoms with Crippen molar-refractivity contribution in [1.29, 1.82) is 0 Å². The van der Waals surface area contributed by atoms with Crippen molar-refractivity contribution < 1.29 is 9.53 Å². The summed E-state index contributed by atoms with van der Waals surface area (Å²) in [6.45, 7) is 3.93. The molecule has 0 bridgehead atoms. The molecule has 1 amide bonds. The van der Waals surface area contributed by atoms with Gasteiger partial charge in [-0.1, -0.05) is 41.1 Å². The van der Waals surface area contributed by atoms with Gasteiger partial charge in [-0.2, -0.15) is 9.61 Å². The first-order valence-electron chi connectivity index (χ1n) is 9.51. The highest BCUT2D eigenvalue weighted by Crippen LogP contribution is 2.26. The fourth-order valence-electron chi connectivity index (χ4n) is 3.09. The van der Waals surface area contributed by atoms with Crippen LogP contribution in [0.15, 0.2) is 53.3 Å². The van der Waals surface area contributed by atoms with Gasteiger partial charge in [0.1, 0.15) is 10.8 Å². The van der Waals surface area contributed by atoms with E-state index < -0.39 is 0 Å². The van der Waals surface area contributed by atoms with Crippen LogP contribution in [0.4, 0.5) is 0 Å². The summed E-state index contributed by atoms with van der Waals surface area (Å²) in [5.74, 6) is 0.341. The van der Waals surface area contributed by atoms with Crippen molar-refractivity contribution in [2.75, 3.05) is 6.61 Å². The standard InChI is InChI=1S/C22H19ClN4O3S/c1-13-6-14(2)8-18(7-13)30-12-19(28)24-11-17-10-20(29)27-22(25-17)31-21(26-27)15-4-3-5-16(23)9-15/h3-10H,11-12H2,1-2H3,(H,24,28). The van der Waals surface area contributed by atoms with Gasteiger partial charge >= 0.3 is 0 Å². The number of hydrogen-bond acceptors (Lipinski definition) is 6. The van der Waals surface area contributed by atoms with Gasteiger partial charge in [0, 0.05) is 16.7 Å². The summed E-state index contributed by atoms with van der Waals surface area (Å²) in [5.41, 5.74) is 3.07. The molecule has 4 aromatic rings. The largest absolute Gasteiger partial charge is 0.484 e. The lowest BCUT2D eigenvalue weighted by Crippen LogP contribution is -2.29. The molecule has 9 heteroatoms. The van der Waals surface area contributed by atoms with E-state index >= 15 is 0 Å². The number of nitrogens with one attached hydrogen (secondary N) is 1. The molecule has 7 nitrogen and oxygen atoms in total. The fraction of sp³-hybridized carbons (Fsp3) is 0.182. The van der Waals surface area contributed by atoms with Crippen LogP contribution in [0.2, 0.25) is 5.02 Å². The van der Waals surface area contributed by atoms with Crippen molar-refractivity contribution in [2.45, 2.75) is 20.4 Å². The molecule has 1 N–H and O–H groups in total. The number of benzene rings is 2. The summed E-state index contributed by atoms with van der Waals surface area (Å²) in [7, 11) is 0. The second kappa shape index (κ2) is 8.87. The number of hydrogen-bond donors (Lipinski definition) is 1. The maximum Gasteiger partial charge on any atom is 0.275 e. The van der Waals surface area contributed by atoms with E-state index in [2.05, 4.69) is 15.4 Å². The van der Waals surface area contributed by atoms with Crippen molar-refractivity contribution in [3.63, 3.8) is 0 Å². The van der Waals surface area contributed by atoms with E-state index in [4.69, 9.17) is 16.3 Å². The number of rotatable bonds is 6. The van der Waals surface area contributed by atoms with Gasteiger partial charge in [-0.15, -0.1) is 0 Å². The molecule has 0 aliphatic heterocycles. The second-order valence-corrected chi connectivity index (χ2v) is 8.48. The molecule has 0 atom stereocenters. The first kappa shape index (κ1) is 21.0. The molecule has 0 aliphatic carbocycles. The minimum Gasteiger partial charge on any atom is -0.484 e. The van der Waals surface area contributed by atoms with Gasteiger partial charge in [-0.05, 0) is 49.2 Å². The SMILES string of the molecule is Cc1cc(C)cc(OCC(=O)NCc2cc(=O)n3nc(-c4cccc(Cl)c4)sc3n2)c1. The van der Waals surface area contributed by atoms with Crippen LogP contribution in [0, 0.1) is 13.8 Å². The Morgan fingerprint density at radius 1 is 1.16 bits per heavy atom. The van der Waals surface area contributed by atoms with Crippen LogP contribution in [0.5, 0.6) is 5.75 Å². The zero-order valence-electron chi connectivity index (χ0n) is 16.9. The van der Waals surface area contributed by atoms with Gasteiger partial charge in [0.25, 0.3) is 11.5 Å². The number of fused-ring (bicyclic) bond motifs is 1. The average Bonchev–Trinajstić information content (AvgIpc) is 3.15. The van der Waals surface area contributed by atoms with Gasteiger partial charge < -0.3 is 10.1 Å². The van der Waals surface area contributed by atoms with Crippen LogP contribution in [-0.2, 0) is 11.3 Å². The van der Waals surface area contributed by atoms with Crippen molar-refractivity contribution in [1.82, 2.24) is 19.9 Å². The summed E-state index contributed by atoms with van der Waals surface area (Å²) >= 11 is 7.32. The van der Waals surface area contributed by atoms with Crippen molar-refractivity contribution >= 4 is 33.8 Å². The lowest BCUT2D eigenvalue weighted by Gasteiger charge is -2.09. The summed E-state index contributed by atoms with van der Waals surface area (Å²) in [4.78, 5) is 29.5. The predicted molar refractivity (Wildman–Crippen MR) is 121 cm³/mol. The molecular formula is C22H19ClN4O3S. The number of ether oxygens (including phenoxy) is 1. The third-order valence-corrected chi connectivity index (χ3v) is 5.59. The van der Waals surface area contributed by atoms with Crippen molar-refractivity contribution in [3.05, 3.63) is 80.7 Å². The molecule has 31 heavy (non-hydrogen) atoms. The Kier molecular flexibility index (Phi) is 6.01. The predicted octanol–water partition coefficient (Wildman–Crippen LogP) is 3.78. The molecule has 2 heterocycles. The van der Waals surface area contributed by atoms with Crippen LogP contribution in [-0.4, -0.2) is 27.1 Å². The van der Waals surface area contributed by atoms with Gasteiger partial charge in [0.2, 0.25) is 4.96 Å². The lowest BCUT2D eigenvalue weighted by atomic mass is 10.1. The number of nitrogens with zero attached hydrogens (tertiary/aromatic N) is 3. The van der Waals surface area contributed by atoms with Crippen LogP contribution in [0.3, 0.4) is 0 Å². The Morgan fingerprint density at radius 3 is 2.68 bits per heavy atom. The van der Waals surface area contributed by atoms with Crippen LogP contribution in [0.1, 0.15) is 16.8 Å². The number of halogens is 1. The molecule has 0 aliphatic rings. The van der Waals surface area contributed by atoms with Crippen LogP contribution in [0.25, 0.3) is 15.5 Å². The maximum atomic E-state index is 12.4. The lowest BCUT2D eigenvalue weighted by molar-refractivity contribution is -0.123. The minimum absolute atomic E-state index is 0.116. The normalized spacial score (nSPS) is 10.9. The monoisotopic (exact) mass is 454 g/mol. The molecule has 0 radical (unpaired) electrons. The highest BCUT2D eigenvalue weighted by Gasteiger charge is 2.12. The maximum absolute atomic E-state index is 12.4. The third kappa shape index (κ3) is 5.10. The molecule has 0 fully saturated rings. The Labute approximate surface area is 187 Å². The molecule has 0 saturated heterocycles. The molecule has 4 rings (SSSR count). The third-order valence-electron chi connectivity index (χ3n) is 4.40. The highest BCUT2D eigenvalue weighted by molar-refractivity contribution is 7.19. The van der Waals surface area contributed by atoms with E-state index in [0.29, 0.717) is 26.4 Å². The van der Waals surface area contributed by atoms with E-state index in [1.165, 1.54) is 21.9 Å². The second-order valence-electron chi connectivity index (χ2n) is 7.09. The molecule has 2 aromatic carbocycles. The molecular weight excluding hydrogens is 436 g/mol. The summed E-state index contributed by atoms with van der Waals surface area (Å²) < 4.78 is 6.80. The van der Waals surface area contributed by atoms with Gasteiger partial charge in [-0.3, -0.25) is 9.59 Å².